The number of nitrogens with zero attached hydrogens (tertiary/aromatic N) is 3. The Balaban J connectivity index is 1.71. The Kier molecular flexibility index (Phi) is 5.90. The SMILES string of the molecule is Nc1nccc(-c2cnn([C@H](CO)c3ccc(C(F)(F)F)cc3)c2)c1-c1ccc(Cl)cc1. The average Bonchev–Trinajstić information content (AvgIpc) is 3.24. The summed E-state index contributed by atoms with van der Waals surface area (Å²) >= 11 is 6.00. The molecule has 0 unspecified atom stereocenters. The molecule has 2 heterocycles. The Morgan fingerprint density at radius 3 is 2.31 bits per heavy atom. The van der Waals surface area contributed by atoms with Crippen molar-refractivity contribution in [2.24, 2.45) is 0 Å². The van der Waals surface area contributed by atoms with Crippen LogP contribution < -0.4 is 5.73 Å². The van der Waals surface area contributed by atoms with Crippen molar-refractivity contribution in [3.05, 3.63) is 89.3 Å². The molecule has 4 aromatic rings. The zero-order valence-electron chi connectivity index (χ0n) is 16.6. The highest BCUT2D eigenvalue weighted by Crippen LogP contribution is 2.36. The third kappa shape index (κ3) is 4.32. The van der Waals surface area contributed by atoms with E-state index in [2.05, 4.69) is 10.1 Å². The Labute approximate surface area is 186 Å². The number of aliphatic hydroxyl groups is 1. The van der Waals surface area contributed by atoms with Crippen LogP contribution in [0.15, 0.2) is 73.2 Å². The van der Waals surface area contributed by atoms with Crippen LogP contribution in [-0.2, 0) is 6.18 Å². The monoisotopic (exact) mass is 458 g/mol. The van der Waals surface area contributed by atoms with E-state index < -0.39 is 17.8 Å². The minimum Gasteiger partial charge on any atom is -0.394 e. The van der Waals surface area contributed by atoms with Crippen LogP contribution in [0.3, 0.4) is 0 Å². The second-order valence-electron chi connectivity index (χ2n) is 7.15. The number of hydrogen-bond donors (Lipinski definition) is 2. The summed E-state index contributed by atoms with van der Waals surface area (Å²) in [6, 6.07) is 13.0. The van der Waals surface area contributed by atoms with E-state index in [0.717, 1.165) is 28.8 Å². The van der Waals surface area contributed by atoms with Crippen molar-refractivity contribution in [3.63, 3.8) is 0 Å². The zero-order chi connectivity index (χ0) is 22.9. The van der Waals surface area contributed by atoms with Crippen LogP contribution in [0.2, 0.25) is 5.02 Å². The molecule has 164 valence electrons. The van der Waals surface area contributed by atoms with Crippen LogP contribution in [0.5, 0.6) is 0 Å². The fourth-order valence-corrected chi connectivity index (χ4v) is 3.65. The van der Waals surface area contributed by atoms with E-state index >= 15 is 0 Å². The van der Waals surface area contributed by atoms with E-state index in [1.807, 2.05) is 12.1 Å². The van der Waals surface area contributed by atoms with Gasteiger partial charge in [-0.25, -0.2) is 4.98 Å². The Morgan fingerprint density at radius 1 is 1.00 bits per heavy atom. The fourth-order valence-electron chi connectivity index (χ4n) is 3.52. The van der Waals surface area contributed by atoms with Gasteiger partial charge in [-0.05, 0) is 47.0 Å². The zero-order valence-corrected chi connectivity index (χ0v) is 17.3. The number of anilines is 1. The van der Waals surface area contributed by atoms with Crippen molar-refractivity contribution in [2.45, 2.75) is 12.2 Å². The molecule has 0 fully saturated rings. The summed E-state index contributed by atoms with van der Waals surface area (Å²) in [5.74, 6) is 0.332. The van der Waals surface area contributed by atoms with Crippen LogP contribution in [0, 0.1) is 0 Å². The highest BCUT2D eigenvalue weighted by molar-refractivity contribution is 6.30. The van der Waals surface area contributed by atoms with E-state index in [9.17, 15) is 18.3 Å². The molecule has 2 aromatic carbocycles. The summed E-state index contributed by atoms with van der Waals surface area (Å²) < 4.78 is 40.1. The largest absolute Gasteiger partial charge is 0.416 e. The number of aliphatic hydroxyl groups excluding tert-OH is 1. The number of alkyl halides is 3. The molecule has 1 atom stereocenters. The molecule has 9 heteroatoms. The van der Waals surface area contributed by atoms with Gasteiger partial charge in [0.1, 0.15) is 5.82 Å². The molecule has 32 heavy (non-hydrogen) atoms. The second-order valence-corrected chi connectivity index (χ2v) is 7.59. The number of nitrogens with two attached hydrogens (primary N) is 1. The molecule has 0 aliphatic rings. The van der Waals surface area contributed by atoms with E-state index in [4.69, 9.17) is 17.3 Å². The number of aromatic nitrogens is 3. The lowest BCUT2D eigenvalue weighted by Crippen LogP contribution is -2.15. The van der Waals surface area contributed by atoms with Crippen LogP contribution in [0.4, 0.5) is 19.0 Å². The lowest BCUT2D eigenvalue weighted by Gasteiger charge is -2.16. The van der Waals surface area contributed by atoms with Crippen molar-refractivity contribution >= 4 is 17.4 Å². The predicted molar refractivity (Wildman–Crippen MR) is 117 cm³/mol. The molecule has 2 aromatic heterocycles. The third-order valence-corrected chi connectivity index (χ3v) is 5.39. The van der Waals surface area contributed by atoms with E-state index in [1.54, 1.807) is 36.8 Å². The van der Waals surface area contributed by atoms with Crippen molar-refractivity contribution in [1.82, 2.24) is 14.8 Å². The van der Waals surface area contributed by atoms with Crippen LogP contribution >= 0.6 is 11.6 Å². The van der Waals surface area contributed by atoms with E-state index in [1.165, 1.54) is 16.8 Å². The quantitative estimate of drug-likeness (QED) is 0.417. The number of nitrogen functional groups attached to an aromatic ring is 1. The van der Waals surface area contributed by atoms with Crippen molar-refractivity contribution in [3.8, 4) is 22.3 Å². The second kappa shape index (κ2) is 8.64. The van der Waals surface area contributed by atoms with Crippen molar-refractivity contribution < 1.29 is 18.3 Å². The summed E-state index contributed by atoms with van der Waals surface area (Å²) in [6.07, 6.45) is 0.486. The molecule has 0 aliphatic heterocycles. The minimum atomic E-state index is -4.43. The molecule has 0 amide bonds. The summed E-state index contributed by atoms with van der Waals surface area (Å²) in [5.41, 5.74) is 8.93. The number of rotatable bonds is 5. The first-order chi connectivity index (χ1) is 15.3. The van der Waals surface area contributed by atoms with Gasteiger partial charge in [0, 0.05) is 28.5 Å². The highest BCUT2D eigenvalue weighted by Gasteiger charge is 2.30. The topological polar surface area (TPSA) is 77.0 Å². The van der Waals surface area contributed by atoms with Crippen LogP contribution in [-0.4, -0.2) is 26.5 Å². The maximum absolute atomic E-state index is 12.9. The Morgan fingerprint density at radius 2 is 1.69 bits per heavy atom. The van der Waals surface area contributed by atoms with Crippen molar-refractivity contribution in [2.75, 3.05) is 12.3 Å². The summed E-state index contributed by atoms with van der Waals surface area (Å²) in [5, 5.41) is 14.9. The molecular formula is C23H18ClF3N4O. The molecule has 4 rings (SSSR count). The lowest BCUT2D eigenvalue weighted by molar-refractivity contribution is -0.137. The molecule has 0 radical (unpaired) electrons. The molecule has 0 saturated heterocycles. The van der Waals surface area contributed by atoms with Gasteiger partial charge in [-0.3, -0.25) is 4.68 Å². The number of halogens is 4. The highest BCUT2D eigenvalue weighted by atomic mass is 35.5. The van der Waals surface area contributed by atoms with E-state index in [-0.39, 0.29) is 6.61 Å². The summed E-state index contributed by atoms with van der Waals surface area (Å²) in [4.78, 5) is 4.18. The van der Waals surface area contributed by atoms with Gasteiger partial charge in [-0.15, -0.1) is 0 Å². The van der Waals surface area contributed by atoms with Gasteiger partial charge in [-0.2, -0.15) is 18.3 Å². The maximum atomic E-state index is 12.9. The third-order valence-electron chi connectivity index (χ3n) is 5.14. The standard InChI is InChI=1S/C23H18ClF3N4O/c24-18-7-3-15(4-8-18)21-19(9-10-29-22(21)28)16-11-30-31(12-16)20(13-32)14-1-5-17(6-2-14)23(25,26)27/h1-12,20,32H,13H2,(H2,28,29)/t20-/m1/s1. The number of pyridine rings is 1. The van der Waals surface area contributed by atoms with Crippen LogP contribution in [0.25, 0.3) is 22.3 Å². The van der Waals surface area contributed by atoms with Gasteiger partial charge in [0.05, 0.1) is 24.4 Å². The summed E-state index contributed by atoms with van der Waals surface area (Å²) in [6.45, 7) is -0.338. The normalized spacial score (nSPS) is 12.7. The predicted octanol–water partition coefficient (Wildman–Crippen LogP) is 5.45. The number of benzene rings is 2. The lowest BCUT2D eigenvalue weighted by atomic mass is 9.97. The van der Waals surface area contributed by atoms with Gasteiger partial charge in [0.25, 0.3) is 0 Å². The summed E-state index contributed by atoms with van der Waals surface area (Å²) in [7, 11) is 0. The minimum absolute atomic E-state index is 0.332. The van der Waals surface area contributed by atoms with Gasteiger partial charge < -0.3 is 10.8 Å². The van der Waals surface area contributed by atoms with Gasteiger partial charge in [-0.1, -0.05) is 35.9 Å². The van der Waals surface area contributed by atoms with Crippen molar-refractivity contribution in [1.29, 1.82) is 0 Å². The molecule has 0 bridgehead atoms. The first-order valence-corrected chi connectivity index (χ1v) is 9.98. The maximum Gasteiger partial charge on any atom is 0.416 e. The van der Waals surface area contributed by atoms with Gasteiger partial charge in [0.15, 0.2) is 0 Å². The average molecular weight is 459 g/mol. The molecule has 0 aliphatic carbocycles. The van der Waals surface area contributed by atoms with Gasteiger partial charge >= 0.3 is 6.18 Å². The molecule has 0 spiro atoms. The molecular weight excluding hydrogens is 441 g/mol. The molecule has 5 nitrogen and oxygen atoms in total. The number of hydrogen-bond acceptors (Lipinski definition) is 4. The first-order valence-electron chi connectivity index (χ1n) is 9.61. The molecule has 3 N–H and O–H groups in total. The fraction of sp³-hybridized carbons (Fsp3) is 0.130. The van der Waals surface area contributed by atoms with Gasteiger partial charge in [0.2, 0.25) is 0 Å². The first kappa shape index (κ1) is 21.9. The smallest absolute Gasteiger partial charge is 0.394 e. The van der Waals surface area contributed by atoms with Crippen LogP contribution in [0.1, 0.15) is 17.2 Å². The van der Waals surface area contributed by atoms with E-state index in [0.29, 0.717) is 22.0 Å². The Bertz CT molecular complexity index is 1220. The Hall–Kier alpha value is -3.36. The molecule has 0 saturated carbocycles.